The van der Waals surface area contributed by atoms with E-state index in [1.54, 1.807) is 62.4 Å². The van der Waals surface area contributed by atoms with Crippen molar-refractivity contribution in [3.05, 3.63) is 69.6 Å². The number of benzene rings is 2. The molecular formula is C25H30ClNO6. The van der Waals surface area contributed by atoms with Gasteiger partial charge in [0.25, 0.3) is 0 Å². The zero-order valence-corrected chi connectivity index (χ0v) is 19.8. The number of carbonyl (C=O) groups excluding carboxylic acids is 2. The van der Waals surface area contributed by atoms with E-state index in [1.807, 2.05) is 0 Å². The summed E-state index contributed by atoms with van der Waals surface area (Å²) in [6, 6.07) is 13.3. The lowest BCUT2D eigenvalue weighted by Crippen LogP contribution is -2.39. The highest BCUT2D eigenvalue weighted by molar-refractivity contribution is 6.30. The van der Waals surface area contributed by atoms with Crippen LogP contribution in [0.25, 0.3) is 0 Å². The molecule has 0 aliphatic rings. The van der Waals surface area contributed by atoms with Crippen molar-refractivity contribution in [3.63, 3.8) is 0 Å². The van der Waals surface area contributed by atoms with Crippen molar-refractivity contribution < 1.29 is 23.9 Å². The molecule has 0 unspecified atom stereocenters. The number of ether oxygens (including phenoxy) is 2. The van der Waals surface area contributed by atoms with E-state index in [0.717, 1.165) is 38.5 Å². The quantitative estimate of drug-likeness (QED) is 0.0985. The molecular weight excluding hydrogens is 446 g/mol. The van der Waals surface area contributed by atoms with Gasteiger partial charge < -0.3 is 14.3 Å². The van der Waals surface area contributed by atoms with E-state index >= 15 is 0 Å². The highest BCUT2D eigenvalue weighted by Gasteiger charge is 2.31. The van der Waals surface area contributed by atoms with Crippen molar-refractivity contribution in [2.24, 2.45) is 5.34 Å². The lowest BCUT2D eigenvalue weighted by molar-refractivity contribution is -0.159. The molecule has 0 saturated carbocycles. The van der Waals surface area contributed by atoms with Crippen molar-refractivity contribution in [1.82, 2.24) is 0 Å². The van der Waals surface area contributed by atoms with Gasteiger partial charge in [-0.15, -0.1) is 4.91 Å². The molecule has 7 nitrogen and oxygen atoms in total. The van der Waals surface area contributed by atoms with E-state index in [9.17, 15) is 14.5 Å². The van der Waals surface area contributed by atoms with E-state index in [2.05, 4.69) is 10.2 Å². The van der Waals surface area contributed by atoms with Crippen LogP contribution in [0.15, 0.2) is 53.9 Å². The molecule has 0 aliphatic carbocycles. The summed E-state index contributed by atoms with van der Waals surface area (Å²) in [5, 5.41) is 2.92. The maximum Gasteiger partial charge on any atom is 0.349 e. The minimum Gasteiger partial charge on any atom is -0.476 e. The lowest BCUT2D eigenvalue weighted by Gasteiger charge is -2.24. The molecule has 2 aromatic rings. The predicted molar refractivity (Wildman–Crippen MR) is 126 cm³/mol. The number of hydrogen-bond donors (Lipinski definition) is 0. The molecule has 33 heavy (non-hydrogen) atoms. The zero-order valence-electron chi connectivity index (χ0n) is 19.1. The van der Waals surface area contributed by atoms with Crippen LogP contribution in [0.1, 0.15) is 68.3 Å². The van der Waals surface area contributed by atoms with Gasteiger partial charge in [-0.3, -0.25) is 4.79 Å². The third-order valence-electron chi connectivity index (χ3n) is 5.00. The van der Waals surface area contributed by atoms with Crippen LogP contribution in [0.5, 0.6) is 5.75 Å². The van der Waals surface area contributed by atoms with Crippen LogP contribution in [0.3, 0.4) is 0 Å². The van der Waals surface area contributed by atoms with Gasteiger partial charge >= 0.3 is 5.97 Å². The average molecular weight is 476 g/mol. The van der Waals surface area contributed by atoms with Gasteiger partial charge in [-0.25, -0.2) is 4.79 Å². The maximum absolute atomic E-state index is 12.6. The first-order valence-electron chi connectivity index (χ1n) is 11.0. The minimum absolute atomic E-state index is 0.122. The highest BCUT2D eigenvalue weighted by atomic mass is 35.5. The first kappa shape index (κ1) is 26.3. The van der Waals surface area contributed by atoms with E-state index in [0.29, 0.717) is 35.1 Å². The van der Waals surface area contributed by atoms with Crippen molar-refractivity contribution in [2.45, 2.75) is 58.0 Å². The van der Waals surface area contributed by atoms with Gasteiger partial charge in [0.15, 0.2) is 16.7 Å². The fraction of sp³-hybridized carbons (Fsp3) is 0.440. The number of esters is 1. The number of hydrogen-bond acceptors (Lipinski definition) is 7. The standard InChI is InChI=1S/C25H30ClNO6/c1-25(2,24(29)31-17-7-5-3-4-6-8-18-32-27-30)33-22-15-11-20(12-16-22)23(28)19-9-13-21(26)14-10-19/h9-16H,3-8,17-18H2,1-2H3. The van der Waals surface area contributed by atoms with Gasteiger partial charge in [0, 0.05) is 16.1 Å². The highest BCUT2D eigenvalue weighted by Crippen LogP contribution is 2.22. The Hall–Kier alpha value is -2.93. The fourth-order valence-corrected chi connectivity index (χ4v) is 3.26. The van der Waals surface area contributed by atoms with Crippen molar-refractivity contribution in [1.29, 1.82) is 0 Å². The SMILES string of the molecule is CC(C)(Oc1ccc(C(=O)c2ccc(Cl)cc2)cc1)C(=O)OCCCCCCCCON=O. The van der Waals surface area contributed by atoms with Crippen LogP contribution in [0.2, 0.25) is 5.02 Å². The molecule has 8 heteroatoms. The molecule has 2 aromatic carbocycles. The Morgan fingerprint density at radius 3 is 1.91 bits per heavy atom. The Kier molecular flexibility index (Phi) is 10.8. The normalized spacial score (nSPS) is 11.0. The molecule has 2 rings (SSSR count). The number of carbonyl (C=O) groups is 2. The molecule has 178 valence electrons. The summed E-state index contributed by atoms with van der Waals surface area (Å²) >= 11 is 5.87. The van der Waals surface area contributed by atoms with Crippen LogP contribution in [-0.4, -0.2) is 30.6 Å². The Bertz CT molecular complexity index is 896. The number of nitrogens with zero attached hydrogens (tertiary/aromatic N) is 1. The van der Waals surface area contributed by atoms with Crippen LogP contribution in [0.4, 0.5) is 0 Å². The van der Waals surface area contributed by atoms with Gasteiger partial charge in [-0.2, -0.15) is 0 Å². The van der Waals surface area contributed by atoms with Crippen LogP contribution in [-0.2, 0) is 14.4 Å². The Morgan fingerprint density at radius 1 is 0.818 bits per heavy atom. The molecule has 0 N–H and O–H groups in total. The predicted octanol–water partition coefficient (Wildman–Crippen LogP) is 6.31. The largest absolute Gasteiger partial charge is 0.476 e. The monoisotopic (exact) mass is 475 g/mol. The van der Waals surface area contributed by atoms with Gasteiger partial charge in [0.2, 0.25) is 0 Å². The van der Waals surface area contributed by atoms with E-state index in [-0.39, 0.29) is 5.78 Å². The topological polar surface area (TPSA) is 91.3 Å². The fourth-order valence-electron chi connectivity index (χ4n) is 3.13. The second kappa shape index (κ2) is 13.6. The van der Waals surface area contributed by atoms with Gasteiger partial charge in [0.05, 0.1) is 6.61 Å². The summed E-state index contributed by atoms with van der Waals surface area (Å²) in [6.07, 6.45) is 5.55. The summed E-state index contributed by atoms with van der Waals surface area (Å²) < 4.78 is 11.2. The molecule has 0 amide bonds. The van der Waals surface area contributed by atoms with Gasteiger partial charge in [0.1, 0.15) is 12.4 Å². The number of unbranched alkanes of at least 4 members (excludes halogenated alkanes) is 5. The van der Waals surface area contributed by atoms with Crippen molar-refractivity contribution in [3.8, 4) is 5.75 Å². The average Bonchev–Trinajstić information content (AvgIpc) is 2.80. The third-order valence-corrected chi connectivity index (χ3v) is 5.26. The molecule has 0 atom stereocenters. The first-order valence-corrected chi connectivity index (χ1v) is 11.4. The zero-order chi connectivity index (χ0) is 24.1. The van der Waals surface area contributed by atoms with Crippen LogP contribution < -0.4 is 4.74 Å². The molecule has 0 saturated heterocycles. The second-order valence-corrected chi connectivity index (χ2v) is 8.57. The Labute approximate surface area is 199 Å². The Morgan fingerprint density at radius 2 is 1.33 bits per heavy atom. The summed E-state index contributed by atoms with van der Waals surface area (Å²) in [7, 11) is 0. The molecule has 0 fully saturated rings. The van der Waals surface area contributed by atoms with E-state index in [1.165, 1.54) is 0 Å². The summed E-state index contributed by atoms with van der Waals surface area (Å²) in [5.74, 6) is -0.0936. The molecule has 0 aromatic heterocycles. The molecule has 0 spiro atoms. The third kappa shape index (κ3) is 9.22. The van der Waals surface area contributed by atoms with Gasteiger partial charge in [-0.05, 0) is 81.6 Å². The molecule has 0 bridgehead atoms. The summed E-state index contributed by atoms with van der Waals surface area (Å²) in [6.45, 7) is 3.99. The summed E-state index contributed by atoms with van der Waals surface area (Å²) in [5.41, 5.74) is -0.104. The van der Waals surface area contributed by atoms with Crippen LogP contribution in [0, 0.1) is 4.91 Å². The van der Waals surface area contributed by atoms with Crippen molar-refractivity contribution >= 4 is 23.4 Å². The number of rotatable bonds is 15. The minimum atomic E-state index is -1.16. The molecule has 0 radical (unpaired) electrons. The number of ketones is 1. The molecule has 0 heterocycles. The van der Waals surface area contributed by atoms with E-state index < -0.39 is 11.6 Å². The lowest BCUT2D eigenvalue weighted by atomic mass is 10.0. The Balaban J connectivity index is 1.73. The van der Waals surface area contributed by atoms with Gasteiger partial charge in [-0.1, -0.05) is 30.9 Å². The van der Waals surface area contributed by atoms with Crippen LogP contribution >= 0.6 is 11.6 Å². The summed E-state index contributed by atoms with van der Waals surface area (Å²) in [4.78, 5) is 39.2. The second-order valence-electron chi connectivity index (χ2n) is 8.14. The number of halogens is 1. The maximum atomic E-state index is 12.6. The smallest absolute Gasteiger partial charge is 0.349 e. The van der Waals surface area contributed by atoms with Crippen molar-refractivity contribution in [2.75, 3.05) is 13.2 Å². The first-order chi connectivity index (χ1) is 15.8. The molecule has 0 aliphatic heterocycles. The van der Waals surface area contributed by atoms with E-state index in [4.69, 9.17) is 21.1 Å².